The molecule has 6 heteroatoms. The van der Waals surface area contributed by atoms with E-state index in [0.717, 1.165) is 57.1 Å². The van der Waals surface area contributed by atoms with Crippen LogP contribution in [0, 0.1) is 12.8 Å². The number of hydrogen-bond acceptors (Lipinski definition) is 5. The Labute approximate surface area is 137 Å². The largest absolute Gasteiger partial charge is 0.465 e. The number of ether oxygens (including phenoxy) is 1. The van der Waals surface area contributed by atoms with Crippen LogP contribution in [0.3, 0.4) is 0 Å². The molecule has 0 radical (unpaired) electrons. The van der Waals surface area contributed by atoms with Crippen LogP contribution < -0.4 is 11.1 Å². The van der Waals surface area contributed by atoms with Gasteiger partial charge in [0.1, 0.15) is 11.5 Å². The normalized spacial score (nSPS) is 27.0. The third kappa shape index (κ3) is 4.13. The van der Waals surface area contributed by atoms with Crippen molar-refractivity contribution in [2.24, 2.45) is 11.7 Å². The fraction of sp³-hybridized carbons (Fsp3) is 0.706. The van der Waals surface area contributed by atoms with Gasteiger partial charge in [0, 0.05) is 31.6 Å². The maximum atomic E-state index is 12.4. The first-order chi connectivity index (χ1) is 11.1. The van der Waals surface area contributed by atoms with Crippen molar-refractivity contribution in [1.29, 1.82) is 0 Å². The average Bonchev–Trinajstić information content (AvgIpc) is 3.17. The van der Waals surface area contributed by atoms with Gasteiger partial charge in [0.2, 0.25) is 5.91 Å². The molecule has 3 N–H and O–H groups in total. The van der Waals surface area contributed by atoms with Crippen LogP contribution >= 0.6 is 0 Å². The van der Waals surface area contributed by atoms with E-state index in [0.29, 0.717) is 6.54 Å². The molecule has 1 saturated heterocycles. The number of nitrogens with zero attached hydrogens (tertiary/aromatic N) is 1. The van der Waals surface area contributed by atoms with Crippen molar-refractivity contribution in [3.05, 3.63) is 23.7 Å². The van der Waals surface area contributed by atoms with Crippen LogP contribution in [0.5, 0.6) is 0 Å². The van der Waals surface area contributed by atoms with Crippen molar-refractivity contribution in [3.63, 3.8) is 0 Å². The molecule has 1 aromatic heterocycles. The van der Waals surface area contributed by atoms with Crippen LogP contribution in [0.2, 0.25) is 0 Å². The Hall–Kier alpha value is -1.37. The van der Waals surface area contributed by atoms with Gasteiger partial charge < -0.3 is 20.2 Å². The zero-order chi connectivity index (χ0) is 16.2. The monoisotopic (exact) mass is 321 g/mol. The van der Waals surface area contributed by atoms with Gasteiger partial charge in [-0.05, 0) is 38.3 Å². The van der Waals surface area contributed by atoms with Crippen molar-refractivity contribution in [1.82, 2.24) is 10.2 Å². The number of rotatable bonds is 5. The van der Waals surface area contributed by atoms with E-state index in [1.165, 1.54) is 0 Å². The van der Waals surface area contributed by atoms with Crippen molar-refractivity contribution in [2.75, 3.05) is 32.8 Å². The molecule has 1 amide bonds. The summed E-state index contributed by atoms with van der Waals surface area (Å²) in [5.41, 5.74) is 5.91. The molecule has 2 heterocycles. The highest BCUT2D eigenvalue weighted by atomic mass is 16.5. The summed E-state index contributed by atoms with van der Waals surface area (Å²) in [7, 11) is 0. The van der Waals surface area contributed by atoms with Crippen LogP contribution in [0.25, 0.3) is 0 Å². The molecule has 3 unspecified atom stereocenters. The lowest BCUT2D eigenvalue weighted by Gasteiger charge is -2.33. The van der Waals surface area contributed by atoms with E-state index in [1.807, 2.05) is 19.1 Å². The molecule has 0 bridgehead atoms. The molecule has 2 aliphatic rings. The standard InChI is InChI=1S/C17H27N3O3/c1-12-2-5-16(23-12)15(20-6-8-22-9-7-20)11-19-17(21)13-3-4-14(18)10-13/h2,5,13-15H,3-4,6-11,18H2,1H3,(H,19,21). The second-order valence-corrected chi connectivity index (χ2v) is 6.63. The van der Waals surface area contributed by atoms with Crippen LogP contribution in [-0.2, 0) is 9.53 Å². The van der Waals surface area contributed by atoms with Crippen molar-refractivity contribution in [2.45, 2.75) is 38.3 Å². The number of furan rings is 1. The molecule has 3 atom stereocenters. The molecular formula is C17H27N3O3. The second kappa shape index (κ2) is 7.47. The Balaban J connectivity index is 1.62. The van der Waals surface area contributed by atoms with E-state index < -0.39 is 0 Å². The van der Waals surface area contributed by atoms with Gasteiger partial charge >= 0.3 is 0 Å². The third-order valence-corrected chi connectivity index (χ3v) is 4.89. The molecule has 1 aromatic rings. The quantitative estimate of drug-likeness (QED) is 0.852. The second-order valence-electron chi connectivity index (χ2n) is 6.63. The van der Waals surface area contributed by atoms with Crippen LogP contribution in [-0.4, -0.2) is 49.7 Å². The number of hydrogen-bond donors (Lipinski definition) is 2. The zero-order valence-electron chi connectivity index (χ0n) is 13.8. The van der Waals surface area contributed by atoms with Gasteiger partial charge in [-0.25, -0.2) is 0 Å². The van der Waals surface area contributed by atoms with Crippen molar-refractivity contribution >= 4 is 5.91 Å². The molecule has 128 valence electrons. The first-order valence-electron chi connectivity index (χ1n) is 8.55. The Kier molecular flexibility index (Phi) is 5.35. The van der Waals surface area contributed by atoms with Gasteiger partial charge in [0.05, 0.1) is 19.3 Å². The maximum absolute atomic E-state index is 12.4. The number of nitrogens with two attached hydrogens (primary N) is 1. The fourth-order valence-corrected chi connectivity index (χ4v) is 3.53. The van der Waals surface area contributed by atoms with E-state index in [9.17, 15) is 4.79 Å². The lowest BCUT2D eigenvalue weighted by molar-refractivity contribution is -0.125. The highest BCUT2D eigenvalue weighted by Crippen LogP contribution is 2.26. The molecule has 0 spiro atoms. The molecule has 1 saturated carbocycles. The predicted molar refractivity (Wildman–Crippen MR) is 86.9 cm³/mol. The van der Waals surface area contributed by atoms with Gasteiger partial charge in [0.15, 0.2) is 0 Å². The van der Waals surface area contributed by atoms with Crippen molar-refractivity contribution < 1.29 is 13.9 Å². The first-order valence-corrected chi connectivity index (χ1v) is 8.55. The summed E-state index contributed by atoms with van der Waals surface area (Å²) in [6.07, 6.45) is 2.64. The van der Waals surface area contributed by atoms with E-state index in [2.05, 4.69) is 10.2 Å². The smallest absolute Gasteiger partial charge is 0.223 e. The SMILES string of the molecule is Cc1ccc(C(CNC(=O)C2CCC(N)C2)N2CCOCC2)o1. The molecule has 1 aliphatic carbocycles. The molecule has 6 nitrogen and oxygen atoms in total. The number of amides is 1. The maximum Gasteiger partial charge on any atom is 0.223 e. The molecule has 0 aromatic carbocycles. The van der Waals surface area contributed by atoms with Crippen LogP contribution in [0.1, 0.15) is 36.8 Å². The summed E-state index contributed by atoms with van der Waals surface area (Å²) in [6, 6.07) is 4.22. The van der Waals surface area contributed by atoms with Gasteiger partial charge in [-0.2, -0.15) is 0 Å². The summed E-state index contributed by atoms with van der Waals surface area (Å²) in [5.74, 6) is 1.99. The summed E-state index contributed by atoms with van der Waals surface area (Å²) in [4.78, 5) is 14.7. The van der Waals surface area contributed by atoms with E-state index in [4.69, 9.17) is 14.9 Å². The minimum atomic E-state index is 0.0617. The minimum absolute atomic E-state index is 0.0617. The van der Waals surface area contributed by atoms with Crippen LogP contribution in [0.4, 0.5) is 0 Å². The number of carbonyl (C=O) groups excluding carboxylic acids is 1. The average molecular weight is 321 g/mol. The molecule has 2 fully saturated rings. The zero-order valence-corrected chi connectivity index (χ0v) is 13.8. The van der Waals surface area contributed by atoms with E-state index in [-0.39, 0.29) is 23.9 Å². The van der Waals surface area contributed by atoms with Crippen LogP contribution in [0.15, 0.2) is 16.5 Å². The third-order valence-electron chi connectivity index (χ3n) is 4.89. The summed E-state index contributed by atoms with van der Waals surface area (Å²) in [5, 5.41) is 3.11. The Morgan fingerprint density at radius 3 is 2.78 bits per heavy atom. The number of morpholine rings is 1. The predicted octanol–water partition coefficient (Wildman–Crippen LogP) is 1.20. The Morgan fingerprint density at radius 2 is 2.17 bits per heavy atom. The van der Waals surface area contributed by atoms with Gasteiger partial charge in [0.25, 0.3) is 0 Å². The first kappa shape index (κ1) is 16.5. The van der Waals surface area contributed by atoms with E-state index >= 15 is 0 Å². The molecule has 23 heavy (non-hydrogen) atoms. The highest BCUT2D eigenvalue weighted by Gasteiger charge is 2.30. The van der Waals surface area contributed by atoms with Gasteiger partial charge in [-0.1, -0.05) is 0 Å². The van der Waals surface area contributed by atoms with Gasteiger partial charge in [-0.3, -0.25) is 9.69 Å². The highest BCUT2D eigenvalue weighted by molar-refractivity contribution is 5.79. The number of aryl methyl sites for hydroxylation is 1. The Morgan fingerprint density at radius 1 is 1.39 bits per heavy atom. The topological polar surface area (TPSA) is 80.7 Å². The summed E-state index contributed by atoms with van der Waals surface area (Å²) >= 11 is 0. The summed E-state index contributed by atoms with van der Waals surface area (Å²) < 4.78 is 11.3. The van der Waals surface area contributed by atoms with E-state index in [1.54, 1.807) is 0 Å². The Bertz CT molecular complexity index is 525. The fourth-order valence-electron chi connectivity index (χ4n) is 3.53. The van der Waals surface area contributed by atoms with Gasteiger partial charge in [-0.15, -0.1) is 0 Å². The summed E-state index contributed by atoms with van der Waals surface area (Å²) in [6.45, 7) is 5.67. The van der Waals surface area contributed by atoms with Crippen molar-refractivity contribution in [3.8, 4) is 0 Å². The molecular weight excluding hydrogens is 294 g/mol. The number of nitrogens with one attached hydrogen (secondary N) is 1. The lowest BCUT2D eigenvalue weighted by Crippen LogP contribution is -2.44. The molecule has 1 aliphatic heterocycles. The minimum Gasteiger partial charge on any atom is -0.465 e. The number of carbonyl (C=O) groups is 1. The lowest BCUT2D eigenvalue weighted by atomic mass is 10.1. The molecule has 3 rings (SSSR count).